The smallest absolute Gasteiger partial charge is 0.305 e. The predicted octanol–water partition coefficient (Wildman–Crippen LogP) is 1.24. The van der Waals surface area contributed by atoms with Gasteiger partial charge < -0.3 is 9.64 Å². The molecule has 0 spiro atoms. The van der Waals surface area contributed by atoms with Crippen molar-refractivity contribution in [1.82, 2.24) is 4.90 Å². The lowest BCUT2D eigenvalue weighted by Crippen LogP contribution is -2.45. The third-order valence-corrected chi connectivity index (χ3v) is 2.98. The molecule has 0 N–H and O–H groups in total. The van der Waals surface area contributed by atoms with Crippen LogP contribution in [0.3, 0.4) is 0 Å². The molecule has 1 aliphatic heterocycles. The van der Waals surface area contributed by atoms with Crippen molar-refractivity contribution in [2.75, 3.05) is 19.7 Å². The average molecular weight is 297 g/mol. The molecule has 1 heterocycles. The van der Waals surface area contributed by atoms with Crippen molar-refractivity contribution >= 4 is 11.6 Å². The fraction of sp³-hybridized carbons (Fsp3) is 0.333. The van der Waals surface area contributed by atoms with Gasteiger partial charge in [-0.2, -0.15) is 9.65 Å². The van der Waals surface area contributed by atoms with Crippen molar-refractivity contribution in [3.63, 3.8) is 0 Å². The fourth-order valence-corrected chi connectivity index (χ4v) is 1.95. The van der Waals surface area contributed by atoms with Gasteiger partial charge in [-0.15, -0.1) is 0 Å². The molecule has 0 aromatic heterocycles. The molecule has 1 saturated heterocycles. The lowest BCUT2D eigenvalue weighted by Gasteiger charge is -2.29. The Morgan fingerprint density at radius 1 is 1.52 bits per heavy atom. The van der Waals surface area contributed by atoms with Crippen LogP contribution < -0.4 is 0 Å². The zero-order valence-electron chi connectivity index (χ0n) is 10.6. The average Bonchev–Trinajstić information content (AvgIpc) is 2.46. The Morgan fingerprint density at radius 2 is 2.24 bits per heavy atom. The summed E-state index contributed by atoms with van der Waals surface area (Å²) >= 11 is 0. The van der Waals surface area contributed by atoms with Crippen molar-refractivity contribution in [1.29, 1.82) is 5.26 Å². The fourth-order valence-electron chi connectivity index (χ4n) is 1.95. The Kier molecular flexibility index (Phi) is 4.09. The van der Waals surface area contributed by atoms with Crippen molar-refractivity contribution in [3.05, 3.63) is 39.4 Å². The van der Waals surface area contributed by atoms with Crippen LogP contribution in [0.4, 0.5) is 14.5 Å². The molecule has 1 aromatic carbocycles. The maximum absolute atomic E-state index is 13.9. The van der Waals surface area contributed by atoms with Crippen LogP contribution in [0.25, 0.3) is 0 Å². The summed E-state index contributed by atoms with van der Waals surface area (Å²) in [6.07, 6.45) is -0.896. The standard InChI is InChI=1S/C12H9F2N3O4/c13-8-1-2-9(17(19)20)11(14)10(8)12(18)16-3-4-21-7(5-15)6-16/h1-2,7H,3-4,6H2. The number of carbonyl (C=O) groups excluding carboxylic acids is 1. The van der Waals surface area contributed by atoms with E-state index < -0.39 is 39.8 Å². The number of nitro groups is 1. The Bertz CT molecular complexity index is 644. The minimum absolute atomic E-state index is 0.0403. The van der Waals surface area contributed by atoms with E-state index in [1.165, 1.54) is 0 Å². The molecule has 0 aliphatic carbocycles. The first-order valence-corrected chi connectivity index (χ1v) is 5.88. The molecule has 2 rings (SSSR count). The highest BCUT2D eigenvalue weighted by Crippen LogP contribution is 2.24. The minimum Gasteiger partial charge on any atom is -0.360 e. The van der Waals surface area contributed by atoms with Crippen molar-refractivity contribution < 1.29 is 23.2 Å². The molecule has 7 nitrogen and oxygen atoms in total. The van der Waals surface area contributed by atoms with Gasteiger partial charge in [0, 0.05) is 12.6 Å². The highest BCUT2D eigenvalue weighted by molar-refractivity contribution is 5.95. The summed E-state index contributed by atoms with van der Waals surface area (Å²) in [6, 6.07) is 3.10. The van der Waals surface area contributed by atoms with Crippen LogP contribution in [0.15, 0.2) is 12.1 Å². The minimum atomic E-state index is -1.52. The number of nitro benzene ring substituents is 1. The quantitative estimate of drug-likeness (QED) is 0.604. The number of rotatable bonds is 2. The van der Waals surface area contributed by atoms with Crippen LogP contribution in [-0.4, -0.2) is 41.5 Å². The summed E-state index contributed by atoms with van der Waals surface area (Å²) in [5, 5.41) is 19.4. The molecule has 0 saturated carbocycles. The normalized spacial score (nSPS) is 18.1. The largest absolute Gasteiger partial charge is 0.360 e. The van der Waals surface area contributed by atoms with Crippen LogP contribution >= 0.6 is 0 Å². The van der Waals surface area contributed by atoms with Gasteiger partial charge in [-0.3, -0.25) is 14.9 Å². The second-order valence-corrected chi connectivity index (χ2v) is 4.25. The molecule has 0 bridgehead atoms. The number of nitrogens with zero attached hydrogens (tertiary/aromatic N) is 3. The second kappa shape index (κ2) is 5.80. The van der Waals surface area contributed by atoms with Gasteiger partial charge in [0.15, 0.2) is 6.10 Å². The van der Waals surface area contributed by atoms with E-state index in [9.17, 15) is 23.7 Å². The van der Waals surface area contributed by atoms with Gasteiger partial charge in [-0.1, -0.05) is 0 Å². The first-order chi connectivity index (χ1) is 9.95. The molecule has 1 amide bonds. The summed E-state index contributed by atoms with van der Waals surface area (Å²) in [5.41, 5.74) is -1.98. The highest BCUT2D eigenvalue weighted by Gasteiger charge is 2.32. The lowest BCUT2D eigenvalue weighted by molar-refractivity contribution is -0.387. The molecule has 1 unspecified atom stereocenters. The molecule has 1 fully saturated rings. The van der Waals surface area contributed by atoms with Crippen LogP contribution in [0.5, 0.6) is 0 Å². The van der Waals surface area contributed by atoms with E-state index in [0.717, 1.165) is 4.90 Å². The Morgan fingerprint density at radius 3 is 2.86 bits per heavy atom. The van der Waals surface area contributed by atoms with Gasteiger partial charge >= 0.3 is 5.69 Å². The number of carbonyl (C=O) groups is 1. The van der Waals surface area contributed by atoms with E-state index in [1.807, 2.05) is 0 Å². The third kappa shape index (κ3) is 2.80. The Labute approximate surface area is 117 Å². The first-order valence-electron chi connectivity index (χ1n) is 5.88. The molecule has 9 heteroatoms. The summed E-state index contributed by atoms with van der Waals surface area (Å²) in [7, 11) is 0. The molecular formula is C12H9F2N3O4. The molecule has 0 radical (unpaired) electrons. The monoisotopic (exact) mass is 297 g/mol. The van der Waals surface area contributed by atoms with Gasteiger partial charge in [0.05, 0.1) is 24.1 Å². The summed E-state index contributed by atoms with van der Waals surface area (Å²) < 4.78 is 32.6. The van der Waals surface area contributed by atoms with Crippen LogP contribution in [0, 0.1) is 33.1 Å². The third-order valence-electron chi connectivity index (χ3n) is 2.98. The molecule has 21 heavy (non-hydrogen) atoms. The lowest BCUT2D eigenvalue weighted by atomic mass is 10.1. The predicted molar refractivity (Wildman–Crippen MR) is 64.3 cm³/mol. The van der Waals surface area contributed by atoms with Crippen molar-refractivity contribution in [2.45, 2.75) is 6.10 Å². The van der Waals surface area contributed by atoms with Crippen molar-refractivity contribution in [2.24, 2.45) is 0 Å². The number of ether oxygens (including phenoxy) is 1. The van der Waals surface area contributed by atoms with Gasteiger partial charge in [-0.25, -0.2) is 4.39 Å². The number of nitriles is 1. The number of hydrogen-bond donors (Lipinski definition) is 0. The molecular weight excluding hydrogens is 288 g/mol. The Hall–Kier alpha value is -2.60. The molecule has 1 atom stereocenters. The van der Waals surface area contributed by atoms with E-state index in [-0.39, 0.29) is 19.7 Å². The van der Waals surface area contributed by atoms with Crippen molar-refractivity contribution in [3.8, 4) is 6.07 Å². The number of halogens is 2. The second-order valence-electron chi connectivity index (χ2n) is 4.25. The molecule has 110 valence electrons. The molecule has 1 aromatic rings. The maximum atomic E-state index is 13.9. The van der Waals surface area contributed by atoms with E-state index >= 15 is 0 Å². The zero-order valence-corrected chi connectivity index (χ0v) is 10.6. The SMILES string of the molecule is N#CC1CN(C(=O)c2c(F)ccc([N+](=O)[O-])c2F)CCO1. The van der Waals surface area contributed by atoms with E-state index in [2.05, 4.69) is 0 Å². The number of amides is 1. The zero-order chi connectivity index (χ0) is 15.6. The number of hydrogen-bond acceptors (Lipinski definition) is 5. The Balaban J connectivity index is 2.37. The first kappa shape index (κ1) is 14.8. The maximum Gasteiger partial charge on any atom is 0.305 e. The van der Waals surface area contributed by atoms with E-state index in [1.54, 1.807) is 6.07 Å². The summed E-state index contributed by atoms with van der Waals surface area (Å²) in [6.45, 7) is -0.0718. The van der Waals surface area contributed by atoms with Crippen LogP contribution in [-0.2, 0) is 4.74 Å². The summed E-state index contributed by atoms with van der Waals surface area (Å²) in [5.74, 6) is -3.76. The van der Waals surface area contributed by atoms with Gasteiger partial charge in [-0.05, 0) is 6.07 Å². The van der Waals surface area contributed by atoms with E-state index in [0.29, 0.717) is 12.1 Å². The van der Waals surface area contributed by atoms with Gasteiger partial charge in [0.1, 0.15) is 11.4 Å². The van der Waals surface area contributed by atoms with Gasteiger partial charge in [0.25, 0.3) is 5.91 Å². The summed E-state index contributed by atoms with van der Waals surface area (Å²) in [4.78, 5) is 22.8. The highest BCUT2D eigenvalue weighted by atomic mass is 19.1. The van der Waals surface area contributed by atoms with Gasteiger partial charge in [0.2, 0.25) is 5.82 Å². The number of morpholine rings is 1. The van der Waals surface area contributed by atoms with Crippen LogP contribution in [0.1, 0.15) is 10.4 Å². The van der Waals surface area contributed by atoms with E-state index in [4.69, 9.17) is 10.00 Å². The molecule has 1 aliphatic rings. The number of benzene rings is 1. The van der Waals surface area contributed by atoms with Crippen LogP contribution in [0.2, 0.25) is 0 Å². The topological polar surface area (TPSA) is 96.5 Å².